The summed E-state index contributed by atoms with van der Waals surface area (Å²) in [5.41, 5.74) is 6.25. The van der Waals surface area contributed by atoms with Gasteiger partial charge in [0.05, 0.1) is 22.4 Å². The number of benzene rings is 3. The number of hydrogen-bond donors (Lipinski definition) is 0. The fourth-order valence-corrected chi connectivity index (χ4v) is 5.47. The lowest BCUT2D eigenvalue weighted by atomic mass is 9.78. The zero-order chi connectivity index (χ0) is 33.2. The van der Waals surface area contributed by atoms with Gasteiger partial charge in [0.25, 0.3) is 0 Å². The van der Waals surface area contributed by atoms with Crippen molar-refractivity contribution < 1.29 is 18.6 Å². The zero-order valence-corrected chi connectivity index (χ0v) is 29.1. The molecule has 5 nitrogen and oxygen atoms in total. The second kappa shape index (κ2) is 11.3. The van der Waals surface area contributed by atoms with E-state index in [4.69, 9.17) is 18.6 Å². The first-order valence-electron chi connectivity index (χ1n) is 15.9. The van der Waals surface area contributed by atoms with Crippen LogP contribution in [0, 0.1) is 0 Å². The second-order valence-corrected chi connectivity index (χ2v) is 15.4. The van der Waals surface area contributed by atoms with Crippen LogP contribution in [0.4, 0.5) is 5.69 Å². The van der Waals surface area contributed by atoms with Crippen molar-refractivity contribution in [1.29, 1.82) is 0 Å². The van der Waals surface area contributed by atoms with Gasteiger partial charge in [-0.3, -0.25) is 0 Å². The number of anilines is 1. The molecule has 45 heavy (non-hydrogen) atoms. The van der Waals surface area contributed by atoms with E-state index < -0.39 is 36.6 Å². The standard InChI is InChI=1S/C38H49B2NO4/c1-26(28-14-20-31(21-15-28)39-42-35(6,7)36(8,9)43-39)41(33-24-18-30(19-25-33)34(3,4)5)27(2)29-16-22-32(23-17-29)40-44-37(10,11)38(12,13)45-40/h14-25H,1-2H2,3-13H3. The van der Waals surface area contributed by atoms with Crippen LogP contribution in [0.5, 0.6) is 0 Å². The van der Waals surface area contributed by atoms with Gasteiger partial charge >= 0.3 is 14.2 Å². The Hall–Kier alpha value is -3.09. The van der Waals surface area contributed by atoms with E-state index in [2.05, 4.69) is 167 Å². The molecule has 2 heterocycles. The molecule has 0 radical (unpaired) electrons. The van der Waals surface area contributed by atoms with Crippen molar-refractivity contribution in [2.24, 2.45) is 0 Å². The highest BCUT2D eigenvalue weighted by atomic mass is 16.7. The zero-order valence-electron chi connectivity index (χ0n) is 29.1. The number of nitrogens with zero attached hydrogens (tertiary/aromatic N) is 1. The fourth-order valence-electron chi connectivity index (χ4n) is 5.47. The molecule has 2 saturated heterocycles. The lowest BCUT2D eigenvalue weighted by Crippen LogP contribution is -2.41. The SMILES string of the molecule is C=C(c1ccc(B2OC(C)(C)C(C)(C)O2)cc1)N(C(=C)c1ccc(B2OC(C)(C)C(C)(C)O2)cc1)c1ccc(C(C)(C)C)cc1. The largest absolute Gasteiger partial charge is 0.494 e. The molecule has 7 heteroatoms. The van der Waals surface area contributed by atoms with E-state index in [1.165, 1.54) is 5.56 Å². The van der Waals surface area contributed by atoms with Crippen LogP contribution in [0.25, 0.3) is 11.4 Å². The van der Waals surface area contributed by atoms with Crippen LogP contribution in [-0.4, -0.2) is 36.6 Å². The van der Waals surface area contributed by atoms with Gasteiger partial charge < -0.3 is 23.5 Å². The van der Waals surface area contributed by atoms with E-state index in [1.807, 2.05) is 0 Å². The van der Waals surface area contributed by atoms with Gasteiger partial charge in [-0.25, -0.2) is 0 Å². The Labute approximate surface area is 271 Å². The molecule has 0 amide bonds. The van der Waals surface area contributed by atoms with Gasteiger partial charge in [-0.15, -0.1) is 0 Å². The maximum Gasteiger partial charge on any atom is 0.494 e. The van der Waals surface area contributed by atoms with Crippen LogP contribution >= 0.6 is 0 Å². The highest BCUT2D eigenvalue weighted by Crippen LogP contribution is 2.39. The summed E-state index contributed by atoms with van der Waals surface area (Å²) in [5, 5.41) is 0. The molecule has 2 aliphatic heterocycles. The van der Waals surface area contributed by atoms with Crippen molar-refractivity contribution >= 4 is 42.2 Å². The number of rotatable bonds is 7. The second-order valence-electron chi connectivity index (χ2n) is 15.4. The molecule has 2 aliphatic rings. The molecule has 3 aromatic rings. The first kappa shape index (κ1) is 33.3. The third-order valence-electron chi connectivity index (χ3n) is 10.1. The summed E-state index contributed by atoms with van der Waals surface area (Å²) in [6, 6.07) is 25.2. The van der Waals surface area contributed by atoms with E-state index in [1.54, 1.807) is 0 Å². The van der Waals surface area contributed by atoms with E-state index in [0.717, 1.165) is 39.1 Å². The maximum absolute atomic E-state index is 6.28. The average molecular weight is 605 g/mol. The fraction of sp³-hybridized carbons (Fsp3) is 0.421. The Morgan fingerprint density at radius 3 is 1.13 bits per heavy atom. The molecule has 0 spiro atoms. The topological polar surface area (TPSA) is 40.2 Å². The van der Waals surface area contributed by atoms with E-state index in [0.29, 0.717) is 0 Å². The van der Waals surface area contributed by atoms with Crippen LogP contribution in [0.2, 0.25) is 0 Å². The smallest absolute Gasteiger partial charge is 0.399 e. The molecule has 3 aromatic carbocycles. The summed E-state index contributed by atoms with van der Waals surface area (Å²) in [4.78, 5) is 2.13. The van der Waals surface area contributed by atoms with Gasteiger partial charge in [0.2, 0.25) is 0 Å². The predicted octanol–water partition coefficient (Wildman–Crippen LogP) is 7.73. The molecule has 2 fully saturated rings. The van der Waals surface area contributed by atoms with Crippen molar-refractivity contribution in [3.63, 3.8) is 0 Å². The van der Waals surface area contributed by atoms with Crippen molar-refractivity contribution in [2.75, 3.05) is 4.90 Å². The maximum atomic E-state index is 6.28. The quantitative estimate of drug-likeness (QED) is 0.258. The lowest BCUT2D eigenvalue weighted by molar-refractivity contribution is 0.00578. The predicted molar refractivity (Wildman–Crippen MR) is 190 cm³/mol. The average Bonchev–Trinajstić information content (AvgIpc) is 3.32. The molecule has 0 aromatic heterocycles. The van der Waals surface area contributed by atoms with E-state index in [9.17, 15) is 0 Å². The van der Waals surface area contributed by atoms with Crippen molar-refractivity contribution in [2.45, 2.75) is 104 Å². The van der Waals surface area contributed by atoms with Crippen LogP contribution in [-0.2, 0) is 24.0 Å². The molecular formula is C38H49B2NO4. The molecule has 0 unspecified atom stereocenters. The Bertz CT molecular complexity index is 1440. The molecule has 0 N–H and O–H groups in total. The summed E-state index contributed by atoms with van der Waals surface area (Å²) < 4.78 is 25.1. The van der Waals surface area contributed by atoms with Gasteiger partial charge in [0, 0.05) is 17.1 Å². The van der Waals surface area contributed by atoms with Crippen molar-refractivity contribution in [3.8, 4) is 0 Å². The highest BCUT2D eigenvalue weighted by Gasteiger charge is 2.52. The normalized spacial score (nSPS) is 19.9. The van der Waals surface area contributed by atoms with Crippen LogP contribution in [0.15, 0.2) is 86.0 Å². The minimum atomic E-state index is -0.421. The molecule has 0 bridgehead atoms. The molecule has 0 aliphatic carbocycles. The summed E-state index contributed by atoms with van der Waals surface area (Å²) >= 11 is 0. The third-order valence-corrected chi connectivity index (χ3v) is 10.1. The Balaban J connectivity index is 1.44. The molecule has 0 atom stereocenters. The summed E-state index contributed by atoms with van der Waals surface area (Å²) in [7, 11) is -0.841. The molecule has 236 valence electrons. The summed E-state index contributed by atoms with van der Waals surface area (Å²) in [5.74, 6) is 0. The molecule has 5 rings (SSSR count). The van der Waals surface area contributed by atoms with Crippen LogP contribution < -0.4 is 15.8 Å². The lowest BCUT2D eigenvalue weighted by Gasteiger charge is -2.32. The van der Waals surface area contributed by atoms with Gasteiger partial charge in [-0.05, 0) is 101 Å². The van der Waals surface area contributed by atoms with Gasteiger partial charge in [-0.1, -0.05) is 94.6 Å². The Morgan fingerprint density at radius 2 is 0.844 bits per heavy atom. The Morgan fingerprint density at radius 1 is 0.533 bits per heavy atom. The highest BCUT2D eigenvalue weighted by molar-refractivity contribution is 6.62. The summed E-state index contributed by atoms with van der Waals surface area (Å²) in [6.07, 6.45) is 0. The van der Waals surface area contributed by atoms with Gasteiger partial charge in [0.15, 0.2) is 0 Å². The third kappa shape index (κ3) is 6.33. The minimum absolute atomic E-state index is 0.0457. The van der Waals surface area contributed by atoms with Crippen LogP contribution in [0.1, 0.15) is 92.9 Å². The van der Waals surface area contributed by atoms with E-state index in [-0.39, 0.29) is 5.41 Å². The monoisotopic (exact) mass is 605 g/mol. The van der Waals surface area contributed by atoms with Crippen molar-refractivity contribution in [1.82, 2.24) is 0 Å². The minimum Gasteiger partial charge on any atom is -0.399 e. The molecular weight excluding hydrogens is 556 g/mol. The van der Waals surface area contributed by atoms with Gasteiger partial charge in [-0.2, -0.15) is 0 Å². The number of hydrogen-bond acceptors (Lipinski definition) is 5. The first-order valence-corrected chi connectivity index (χ1v) is 15.9. The molecule has 0 saturated carbocycles. The summed E-state index contributed by atoms with van der Waals surface area (Å²) in [6.45, 7) is 32.4. The van der Waals surface area contributed by atoms with Gasteiger partial charge in [0.1, 0.15) is 0 Å². The first-order chi connectivity index (χ1) is 20.7. The van der Waals surface area contributed by atoms with Crippen molar-refractivity contribution in [3.05, 3.63) is 103 Å². The Kier molecular flexibility index (Phi) is 8.36. The van der Waals surface area contributed by atoms with Crippen LogP contribution in [0.3, 0.4) is 0 Å². The van der Waals surface area contributed by atoms with E-state index >= 15 is 0 Å².